The Labute approximate surface area is 146 Å². The van der Waals surface area contributed by atoms with Gasteiger partial charge >= 0.3 is 0 Å². The average Bonchev–Trinajstić information content (AvgIpc) is 3.10. The van der Waals surface area contributed by atoms with Gasteiger partial charge < -0.3 is 5.32 Å². The first-order valence-electron chi connectivity index (χ1n) is 8.75. The Morgan fingerprint density at radius 3 is 2.83 bits per heavy atom. The van der Waals surface area contributed by atoms with Crippen LogP contribution in [0.4, 0.5) is 0 Å². The molecule has 1 heterocycles. The number of benzene rings is 1. The van der Waals surface area contributed by atoms with E-state index >= 15 is 0 Å². The maximum absolute atomic E-state index is 12.4. The van der Waals surface area contributed by atoms with Gasteiger partial charge in [0.15, 0.2) is 0 Å². The van der Waals surface area contributed by atoms with E-state index in [1.807, 2.05) is 29.5 Å². The average molecular weight is 338 g/mol. The van der Waals surface area contributed by atoms with Gasteiger partial charge in [-0.1, -0.05) is 35.9 Å². The summed E-state index contributed by atoms with van der Waals surface area (Å²) in [5.41, 5.74) is 4.86. The van der Waals surface area contributed by atoms with Crippen LogP contribution in [-0.4, -0.2) is 17.4 Å². The van der Waals surface area contributed by atoms with E-state index in [0.29, 0.717) is 6.54 Å². The minimum absolute atomic E-state index is 0.0306. The molecule has 4 heteroatoms. The molecule has 1 atom stereocenters. The third-order valence-corrected chi connectivity index (χ3v) is 6.16. The summed E-state index contributed by atoms with van der Waals surface area (Å²) in [5, 5.41) is 4.26. The summed E-state index contributed by atoms with van der Waals surface area (Å²) in [6, 6.07) is 10.2. The first-order valence-corrected chi connectivity index (χ1v) is 9.57. The van der Waals surface area contributed by atoms with Crippen molar-refractivity contribution < 1.29 is 4.79 Å². The van der Waals surface area contributed by atoms with Crippen molar-refractivity contribution in [3.05, 3.63) is 57.0 Å². The Hall–Kier alpha value is -1.94. The lowest BCUT2D eigenvalue weighted by atomic mass is 10.0. The molecule has 1 aromatic carbocycles. The number of carbonyl (C=O) groups is 1. The van der Waals surface area contributed by atoms with E-state index in [2.05, 4.69) is 24.4 Å². The van der Waals surface area contributed by atoms with E-state index < -0.39 is 0 Å². The Morgan fingerprint density at radius 2 is 2.04 bits per heavy atom. The van der Waals surface area contributed by atoms with Crippen molar-refractivity contribution in [1.29, 1.82) is 0 Å². The van der Waals surface area contributed by atoms with Crippen LogP contribution >= 0.6 is 11.3 Å². The van der Waals surface area contributed by atoms with Crippen LogP contribution < -0.4 is 5.32 Å². The molecular weight excluding hydrogens is 316 g/mol. The number of rotatable bonds is 5. The van der Waals surface area contributed by atoms with Crippen molar-refractivity contribution in [2.45, 2.75) is 39.0 Å². The monoisotopic (exact) mass is 338 g/mol. The maximum Gasteiger partial charge on any atom is 0.231 e. The van der Waals surface area contributed by atoms with Crippen LogP contribution in [0.1, 0.15) is 40.9 Å². The standard InChI is InChI=1S/C20H22N2OS/c1-13-18(14-7-3-2-4-8-14)19(13)20(23)21-12-11-17-22-15-9-5-6-10-16(15)24-17/h2-4,7-8,19H,5-6,9-12H2,1H3,(H,21,23). The van der Waals surface area contributed by atoms with Crippen LogP contribution in [0.5, 0.6) is 0 Å². The lowest BCUT2D eigenvalue weighted by Gasteiger charge is -2.06. The van der Waals surface area contributed by atoms with E-state index in [-0.39, 0.29) is 11.8 Å². The molecule has 0 aliphatic heterocycles. The smallest absolute Gasteiger partial charge is 0.231 e. The number of carbonyl (C=O) groups excluding carboxylic acids is 1. The first kappa shape index (κ1) is 15.6. The van der Waals surface area contributed by atoms with Gasteiger partial charge in [0.1, 0.15) is 0 Å². The Bertz CT molecular complexity index is 768. The molecule has 124 valence electrons. The fourth-order valence-corrected chi connectivity index (χ4v) is 4.73. The molecular formula is C20H22N2OS. The number of nitrogens with one attached hydrogen (secondary N) is 1. The number of hydrogen-bond acceptors (Lipinski definition) is 3. The van der Waals surface area contributed by atoms with Crippen molar-refractivity contribution in [3.63, 3.8) is 0 Å². The molecule has 3 nitrogen and oxygen atoms in total. The van der Waals surface area contributed by atoms with E-state index in [1.54, 1.807) is 0 Å². The third-order valence-electron chi connectivity index (χ3n) is 4.94. The van der Waals surface area contributed by atoms with Crippen molar-refractivity contribution in [1.82, 2.24) is 10.3 Å². The highest BCUT2D eigenvalue weighted by Gasteiger charge is 2.39. The van der Waals surface area contributed by atoms with Gasteiger partial charge in [0, 0.05) is 17.8 Å². The van der Waals surface area contributed by atoms with Crippen LogP contribution in [0, 0.1) is 5.92 Å². The largest absolute Gasteiger partial charge is 0.355 e. The fourth-order valence-electron chi connectivity index (χ4n) is 3.58. The van der Waals surface area contributed by atoms with E-state index in [9.17, 15) is 4.79 Å². The molecule has 2 aliphatic carbocycles. The second-order valence-electron chi connectivity index (χ2n) is 6.62. The van der Waals surface area contributed by atoms with Crippen LogP contribution in [0.3, 0.4) is 0 Å². The second kappa shape index (κ2) is 6.52. The number of nitrogens with zero attached hydrogens (tertiary/aromatic N) is 1. The van der Waals surface area contributed by atoms with Gasteiger partial charge in [-0.3, -0.25) is 4.79 Å². The van der Waals surface area contributed by atoms with Crippen LogP contribution in [0.25, 0.3) is 5.57 Å². The predicted molar refractivity (Wildman–Crippen MR) is 98.0 cm³/mol. The van der Waals surface area contributed by atoms with Crippen LogP contribution in [0.15, 0.2) is 35.9 Å². The Morgan fingerprint density at radius 1 is 1.25 bits per heavy atom. The zero-order valence-corrected chi connectivity index (χ0v) is 14.8. The minimum Gasteiger partial charge on any atom is -0.355 e. The summed E-state index contributed by atoms with van der Waals surface area (Å²) in [4.78, 5) is 18.6. The summed E-state index contributed by atoms with van der Waals surface area (Å²) in [5.74, 6) is 0.101. The number of fused-ring (bicyclic) bond motifs is 1. The zero-order chi connectivity index (χ0) is 16.5. The molecule has 2 aromatic rings. The van der Waals surface area contributed by atoms with Crippen LogP contribution in [-0.2, 0) is 24.1 Å². The van der Waals surface area contributed by atoms with Gasteiger partial charge in [-0.25, -0.2) is 4.98 Å². The van der Waals surface area contributed by atoms with Gasteiger partial charge in [-0.05, 0) is 43.7 Å². The fraction of sp³-hybridized carbons (Fsp3) is 0.400. The topological polar surface area (TPSA) is 42.0 Å². The molecule has 0 radical (unpaired) electrons. The number of thiazole rings is 1. The molecule has 1 unspecified atom stereocenters. The molecule has 0 fully saturated rings. The molecule has 2 aliphatic rings. The molecule has 0 bridgehead atoms. The lowest BCUT2D eigenvalue weighted by molar-refractivity contribution is -0.121. The highest BCUT2D eigenvalue weighted by atomic mass is 32.1. The molecule has 1 aromatic heterocycles. The molecule has 1 N–H and O–H groups in total. The molecule has 1 amide bonds. The van der Waals surface area contributed by atoms with E-state index in [1.165, 1.54) is 51.6 Å². The van der Waals surface area contributed by atoms with Gasteiger partial charge in [-0.2, -0.15) is 0 Å². The van der Waals surface area contributed by atoms with E-state index in [4.69, 9.17) is 4.98 Å². The van der Waals surface area contributed by atoms with Crippen molar-refractivity contribution in [2.24, 2.45) is 5.92 Å². The summed E-state index contributed by atoms with van der Waals surface area (Å²) in [6.07, 6.45) is 5.71. The van der Waals surface area contributed by atoms with Crippen molar-refractivity contribution >= 4 is 22.8 Å². The third kappa shape index (κ3) is 3.03. The van der Waals surface area contributed by atoms with Crippen LogP contribution in [0.2, 0.25) is 0 Å². The van der Waals surface area contributed by atoms with E-state index in [0.717, 1.165) is 12.8 Å². The zero-order valence-electron chi connectivity index (χ0n) is 14.0. The molecule has 4 rings (SSSR count). The maximum atomic E-state index is 12.4. The van der Waals surface area contributed by atoms with Crippen molar-refractivity contribution in [2.75, 3.05) is 6.54 Å². The quantitative estimate of drug-likeness (QED) is 0.901. The summed E-state index contributed by atoms with van der Waals surface area (Å²) in [6.45, 7) is 2.73. The van der Waals surface area contributed by atoms with Gasteiger partial charge in [0.25, 0.3) is 0 Å². The second-order valence-corrected chi connectivity index (χ2v) is 7.79. The summed E-state index contributed by atoms with van der Waals surface area (Å²) >= 11 is 1.84. The lowest BCUT2D eigenvalue weighted by Crippen LogP contribution is -2.28. The van der Waals surface area contributed by atoms with Gasteiger partial charge in [0.2, 0.25) is 5.91 Å². The number of amides is 1. The van der Waals surface area contributed by atoms with Gasteiger partial charge in [-0.15, -0.1) is 11.3 Å². The number of hydrogen-bond donors (Lipinski definition) is 1. The molecule has 24 heavy (non-hydrogen) atoms. The number of aromatic nitrogens is 1. The first-order chi connectivity index (χ1) is 11.7. The van der Waals surface area contributed by atoms with Gasteiger partial charge in [0.05, 0.1) is 16.6 Å². The normalized spacial score (nSPS) is 19.1. The highest BCUT2D eigenvalue weighted by molar-refractivity contribution is 7.11. The number of aryl methyl sites for hydroxylation is 2. The summed E-state index contributed by atoms with van der Waals surface area (Å²) in [7, 11) is 0. The molecule has 0 spiro atoms. The highest BCUT2D eigenvalue weighted by Crippen LogP contribution is 2.46. The Balaban J connectivity index is 1.29. The SMILES string of the molecule is CC1=C(c2ccccc2)C1C(=O)NCCc1nc2c(s1)CCCC2. The Kier molecular flexibility index (Phi) is 4.23. The molecule has 0 saturated heterocycles. The minimum atomic E-state index is -0.0306. The van der Waals surface area contributed by atoms with Crippen molar-refractivity contribution in [3.8, 4) is 0 Å². The predicted octanol–water partition coefficient (Wildman–Crippen LogP) is 3.78. The summed E-state index contributed by atoms with van der Waals surface area (Å²) < 4.78 is 0. The molecule has 0 saturated carbocycles.